The SMILES string of the molecule is C=CCN1CCN(C(=O)c2cc(C)oc2C)CC1. The van der Waals surface area contributed by atoms with Gasteiger partial charge in [0.1, 0.15) is 11.5 Å². The van der Waals surface area contributed by atoms with Crippen LogP contribution in [-0.2, 0) is 0 Å². The van der Waals surface area contributed by atoms with Crippen LogP contribution in [-0.4, -0.2) is 48.4 Å². The summed E-state index contributed by atoms with van der Waals surface area (Å²) in [5.74, 6) is 1.59. The predicted molar refractivity (Wildman–Crippen MR) is 70.7 cm³/mol. The number of nitrogens with zero attached hydrogens (tertiary/aromatic N) is 2. The molecule has 1 aliphatic heterocycles. The number of carbonyl (C=O) groups is 1. The molecular formula is C14H20N2O2. The second-order valence-corrected chi connectivity index (χ2v) is 4.71. The minimum Gasteiger partial charge on any atom is -0.466 e. The van der Waals surface area contributed by atoms with Crippen molar-refractivity contribution < 1.29 is 9.21 Å². The minimum absolute atomic E-state index is 0.0857. The van der Waals surface area contributed by atoms with Crippen LogP contribution in [0, 0.1) is 13.8 Å². The van der Waals surface area contributed by atoms with Gasteiger partial charge in [-0.05, 0) is 19.9 Å². The van der Waals surface area contributed by atoms with Crippen molar-refractivity contribution in [1.82, 2.24) is 9.80 Å². The van der Waals surface area contributed by atoms with E-state index in [0.29, 0.717) is 11.3 Å². The highest BCUT2D eigenvalue weighted by atomic mass is 16.3. The number of carbonyl (C=O) groups excluding carboxylic acids is 1. The fraction of sp³-hybridized carbons (Fsp3) is 0.500. The summed E-state index contributed by atoms with van der Waals surface area (Å²) in [5, 5.41) is 0. The van der Waals surface area contributed by atoms with Gasteiger partial charge < -0.3 is 9.32 Å². The summed E-state index contributed by atoms with van der Waals surface area (Å²) >= 11 is 0. The van der Waals surface area contributed by atoms with E-state index < -0.39 is 0 Å². The van der Waals surface area contributed by atoms with Gasteiger partial charge in [0.25, 0.3) is 5.91 Å². The van der Waals surface area contributed by atoms with E-state index in [-0.39, 0.29) is 5.91 Å². The monoisotopic (exact) mass is 248 g/mol. The number of hydrogen-bond acceptors (Lipinski definition) is 3. The molecule has 1 aliphatic rings. The Morgan fingerprint density at radius 2 is 2.06 bits per heavy atom. The lowest BCUT2D eigenvalue weighted by Gasteiger charge is -2.34. The molecule has 0 bridgehead atoms. The summed E-state index contributed by atoms with van der Waals surface area (Å²) in [6, 6.07) is 1.83. The number of aryl methyl sites for hydroxylation is 2. The molecule has 2 heterocycles. The highest BCUT2D eigenvalue weighted by Gasteiger charge is 2.24. The van der Waals surface area contributed by atoms with Crippen molar-refractivity contribution in [2.75, 3.05) is 32.7 Å². The Kier molecular flexibility index (Phi) is 3.87. The van der Waals surface area contributed by atoms with E-state index in [4.69, 9.17) is 4.42 Å². The lowest BCUT2D eigenvalue weighted by atomic mass is 10.2. The Morgan fingerprint density at radius 1 is 1.39 bits per heavy atom. The molecule has 0 aromatic carbocycles. The first-order chi connectivity index (χ1) is 8.61. The summed E-state index contributed by atoms with van der Waals surface area (Å²) in [7, 11) is 0. The van der Waals surface area contributed by atoms with Gasteiger partial charge in [-0.25, -0.2) is 0 Å². The zero-order valence-corrected chi connectivity index (χ0v) is 11.1. The van der Waals surface area contributed by atoms with Crippen LogP contribution in [0.3, 0.4) is 0 Å². The Morgan fingerprint density at radius 3 is 2.56 bits per heavy atom. The van der Waals surface area contributed by atoms with E-state index >= 15 is 0 Å². The molecule has 98 valence electrons. The third kappa shape index (κ3) is 2.64. The number of amides is 1. The van der Waals surface area contributed by atoms with Crippen molar-refractivity contribution in [3.05, 3.63) is 35.8 Å². The van der Waals surface area contributed by atoms with Crippen molar-refractivity contribution in [2.24, 2.45) is 0 Å². The van der Waals surface area contributed by atoms with Crippen molar-refractivity contribution in [2.45, 2.75) is 13.8 Å². The maximum absolute atomic E-state index is 12.3. The summed E-state index contributed by atoms with van der Waals surface area (Å²) in [4.78, 5) is 16.5. The molecule has 4 nitrogen and oxygen atoms in total. The maximum Gasteiger partial charge on any atom is 0.257 e. The van der Waals surface area contributed by atoms with Gasteiger partial charge in [-0.3, -0.25) is 9.69 Å². The summed E-state index contributed by atoms with van der Waals surface area (Å²) in [5.41, 5.74) is 0.699. The quantitative estimate of drug-likeness (QED) is 0.766. The average Bonchev–Trinajstić information content (AvgIpc) is 2.69. The Balaban J connectivity index is 1.99. The van der Waals surface area contributed by atoms with Crippen LogP contribution in [0.2, 0.25) is 0 Å². The molecule has 1 aromatic rings. The molecule has 0 aliphatic carbocycles. The molecule has 0 spiro atoms. The van der Waals surface area contributed by atoms with Gasteiger partial charge in [0.15, 0.2) is 0 Å². The van der Waals surface area contributed by atoms with Gasteiger partial charge in [0.2, 0.25) is 0 Å². The molecule has 0 unspecified atom stereocenters. The van der Waals surface area contributed by atoms with Crippen LogP contribution < -0.4 is 0 Å². The standard InChI is InChI=1S/C14H20N2O2/c1-4-5-15-6-8-16(9-7-15)14(17)13-10-11(2)18-12(13)3/h4,10H,1,5-9H2,2-3H3. The third-order valence-electron chi connectivity index (χ3n) is 3.32. The Hall–Kier alpha value is -1.55. The first kappa shape index (κ1) is 12.9. The lowest BCUT2D eigenvalue weighted by Crippen LogP contribution is -2.48. The van der Waals surface area contributed by atoms with Gasteiger partial charge in [-0.15, -0.1) is 6.58 Å². The smallest absolute Gasteiger partial charge is 0.257 e. The van der Waals surface area contributed by atoms with Gasteiger partial charge in [-0.2, -0.15) is 0 Å². The molecule has 18 heavy (non-hydrogen) atoms. The number of piperazine rings is 1. The Labute approximate surface area is 108 Å². The predicted octanol–water partition coefficient (Wildman–Crippen LogP) is 1.84. The highest BCUT2D eigenvalue weighted by molar-refractivity contribution is 5.95. The van der Waals surface area contributed by atoms with E-state index in [1.54, 1.807) is 0 Å². The van der Waals surface area contributed by atoms with Gasteiger partial charge in [0, 0.05) is 32.7 Å². The largest absolute Gasteiger partial charge is 0.466 e. The normalized spacial score (nSPS) is 16.9. The van der Waals surface area contributed by atoms with E-state index in [9.17, 15) is 4.79 Å². The molecule has 0 atom stereocenters. The van der Waals surface area contributed by atoms with Gasteiger partial charge >= 0.3 is 0 Å². The number of rotatable bonds is 3. The molecule has 4 heteroatoms. The topological polar surface area (TPSA) is 36.7 Å². The van der Waals surface area contributed by atoms with Crippen LogP contribution in [0.4, 0.5) is 0 Å². The molecule has 0 N–H and O–H groups in total. The van der Waals surface area contributed by atoms with Crippen molar-refractivity contribution in [3.63, 3.8) is 0 Å². The zero-order chi connectivity index (χ0) is 13.1. The first-order valence-corrected chi connectivity index (χ1v) is 6.31. The molecule has 0 radical (unpaired) electrons. The van der Waals surface area contributed by atoms with Crippen LogP contribution in [0.15, 0.2) is 23.1 Å². The van der Waals surface area contributed by atoms with Crippen LogP contribution in [0.25, 0.3) is 0 Å². The van der Waals surface area contributed by atoms with Crippen LogP contribution in [0.5, 0.6) is 0 Å². The van der Waals surface area contributed by atoms with Gasteiger partial charge in [-0.1, -0.05) is 6.08 Å². The fourth-order valence-electron chi connectivity index (χ4n) is 2.33. The van der Waals surface area contributed by atoms with Crippen molar-refractivity contribution in [3.8, 4) is 0 Å². The lowest BCUT2D eigenvalue weighted by molar-refractivity contribution is 0.0648. The van der Waals surface area contributed by atoms with Crippen molar-refractivity contribution in [1.29, 1.82) is 0 Å². The maximum atomic E-state index is 12.3. The molecule has 1 aromatic heterocycles. The van der Waals surface area contributed by atoms with E-state index in [1.165, 1.54) is 0 Å². The summed E-state index contributed by atoms with van der Waals surface area (Å²) in [6.07, 6.45) is 1.90. The fourth-order valence-corrected chi connectivity index (χ4v) is 2.33. The average molecular weight is 248 g/mol. The second kappa shape index (κ2) is 5.40. The van der Waals surface area contributed by atoms with E-state index in [2.05, 4.69) is 11.5 Å². The van der Waals surface area contributed by atoms with E-state index in [0.717, 1.165) is 38.5 Å². The van der Waals surface area contributed by atoms with Crippen molar-refractivity contribution >= 4 is 5.91 Å². The molecule has 1 fully saturated rings. The molecule has 2 rings (SSSR count). The number of hydrogen-bond donors (Lipinski definition) is 0. The summed E-state index contributed by atoms with van der Waals surface area (Å²) < 4.78 is 5.41. The molecule has 1 amide bonds. The molecule has 1 saturated heterocycles. The highest BCUT2D eigenvalue weighted by Crippen LogP contribution is 2.17. The Bertz CT molecular complexity index is 443. The summed E-state index contributed by atoms with van der Waals surface area (Å²) in [6.45, 7) is 11.7. The van der Waals surface area contributed by atoms with Crippen LogP contribution >= 0.6 is 0 Å². The molecule has 0 saturated carbocycles. The first-order valence-electron chi connectivity index (χ1n) is 6.31. The van der Waals surface area contributed by atoms with E-state index in [1.807, 2.05) is 30.9 Å². The van der Waals surface area contributed by atoms with Gasteiger partial charge in [0.05, 0.1) is 5.56 Å². The zero-order valence-electron chi connectivity index (χ0n) is 11.1. The van der Waals surface area contributed by atoms with Crippen LogP contribution in [0.1, 0.15) is 21.9 Å². The number of furan rings is 1. The third-order valence-corrected chi connectivity index (χ3v) is 3.32. The molecular weight excluding hydrogens is 228 g/mol. The minimum atomic E-state index is 0.0857. The second-order valence-electron chi connectivity index (χ2n) is 4.71.